The zero-order valence-electron chi connectivity index (χ0n) is 36.9. The van der Waals surface area contributed by atoms with Gasteiger partial charge in [0.2, 0.25) is 0 Å². The van der Waals surface area contributed by atoms with Gasteiger partial charge in [0, 0.05) is 22.7 Å². The van der Waals surface area contributed by atoms with Crippen LogP contribution in [-0.4, -0.2) is 65.0 Å². The van der Waals surface area contributed by atoms with Crippen LogP contribution in [0.4, 0.5) is 26.3 Å². The molecule has 0 aliphatic carbocycles. The molecule has 0 saturated heterocycles. The van der Waals surface area contributed by atoms with Crippen LogP contribution in [0.15, 0.2) is 94.7 Å². The Morgan fingerprint density at radius 3 is 1.23 bits per heavy atom. The van der Waals surface area contributed by atoms with Gasteiger partial charge >= 0.3 is 12.4 Å². The predicted octanol–water partition coefficient (Wildman–Crippen LogP) is 11.2. The molecule has 0 unspecified atom stereocenters. The van der Waals surface area contributed by atoms with Crippen LogP contribution < -0.4 is 9.47 Å². The normalized spacial score (nSPS) is 25.1. The van der Waals surface area contributed by atoms with E-state index in [1.165, 1.54) is 74.9 Å². The number of rotatable bonds is 12. The molecule has 16 heteroatoms. The summed E-state index contributed by atoms with van der Waals surface area (Å²) in [5, 5.41) is 23.4. The molecule has 2 aliphatic heterocycles. The Bertz CT molecular complexity index is 2300. The smallest absolute Gasteiger partial charge is 0.416 e. The molecule has 6 rings (SSSR count). The highest BCUT2D eigenvalue weighted by Crippen LogP contribution is 2.52. The fraction of sp³-hybridized carbons (Fsp3) is 0.500. The molecule has 0 saturated carbocycles. The Hall–Kier alpha value is -4.12. The third-order valence-electron chi connectivity index (χ3n) is 13.2. The fourth-order valence-electron chi connectivity index (χ4n) is 9.50. The van der Waals surface area contributed by atoms with Gasteiger partial charge in [-0.1, -0.05) is 89.8 Å². The minimum Gasteiger partial charge on any atom is -0.497 e. The topological polar surface area (TPSA) is 127 Å². The molecule has 2 N–H and O–H groups in total. The molecular weight excluding hydrogens is 883 g/mol. The summed E-state index contributed by atoms with van der Waals surface area (Å²) in [6, 6.07) is 18.5. The van der Waals surface area contributed by atoms with Crippen LogP contribution in [0.2, 0.25) is 0 Å². The first kappa shape index (κ1) is 50.9. The van der Waals surface area contributed by atoms with E-state index in [0.717, 1.165) is 37.1 Å². The Morgan fingerprint density at radius 2 is 0.938 bits per heavy atom. The van der Waals surface area contributed by atoms with E-state index in [2.05, 4.69) is 0 Å². The highest BCUT2D eigenvalue weighted by Gasteiger charge is 2.51. The standard InChI is InChI=1S/2C24H29F3O4S/c2*1-4-6-12-23(5-2)15-32(29,30)20-11-10-18(31-3)14-19(20)21(22(23)28)16-8-7-9-17(13-16)24(25,26)27/h2*7-11,13-14,21-22,28H,4-6,12,15H2,1-3H3/t21-,22-,23+;21-,22-,23-/m01/s1. The number of ether oxygens (including phenoxy) is 2. The average Bonchev–Trinajstić information content (AvgIpc) is 3.38. The third kappa shape index (κ3) is 10.4. The highest BCUT2D eigenvalue weighted by molar-refractivity contribution is 7.91. The monoisotopic (exact) mass is 940 g/mol. The van der Waals surface area contributed by atoms with Crippen molar-refractivity contribution in [2.45, 2.75) is 125 Å². The lowest BCUT2D eigenvalue weighted by Crippen LogP contribution is -2.42. The largest absolute Gasteiger partial charge is 0.497 e. The molecule has 352 valence electrons. The van der Waals surface area contributed by atoms with Crippen LogP contribution >= 0.6 is 0 Å². The Kier molecular flexibility index (Phi) is 15.7. The number of aliphatic hydroxyl groups is 2. The minimum atomic E-state index is -4.56. The second-order valence-electron chi connectivity index (χ2n) is 17.1. The molecule has 0 amide bonds. The van der Waals surface area contributed by atoms with Crippen molar-refractivity contribution in [3.63, 3.8) is 0 Å². The first-order valence-corrected chi connectivity index (χ1v) is 24.8. The minimum absolute atomic E-state index is 0.0339. The summed E-state index contributed by atoms with van der Waals surface area (Å²) in [4.78, 5) is 0.0678. The average molecular weight is 941 g/mol. The quantitative estimate of drug-likeness (QED) is 0.134. The Balaban J connectivity index is 0.000000241. The van der Waals surface area contributed by atoms with Crippen molar-refractivity contribution in [1.82, 2.24) is 0 Å². The molecule has 0 bridgehead atoms. The van der Waals surface area contributed by atoms with E-state index in [1.807, 2.05) is 27.7 Å². The molecule has 6 atom stereocenters. The van der Waals surface area contributed by atoms with E-state index in [0.29, 0.717) is 50.0 Å². The predicted molar refractivity (Wildman–Crippen MR) is 233 cm³/mol. The Labute approximate surface area is 372 Å². The van der Waals surface area contributed by atoms with Crippen molar-refractivity contribution in [2.75, 3.05) is 25.7 Å². The van der Waals surface area contributed by atoms with Crippen molar-refractivity contribution < 1.29 is 62.9 Å². The maximum atomic E-state index is 13.5. The molecular formula is C48H58F6O8S2. The zero-order chi connectivity index (χ0) is 47.5. The fourth-order valence-corrected chi connectivity index (χ4v) is 14.0. The van der Waals surface area contributed by atoms with Gasteiger partial charge in [0.1, 0.15) is 11.5 Å². The van der Waals surface area contributed by atoms with Gasteiger partial charge in [-0.2, -0.15) is 26.3 Å². The molecule has 0 spiro atoms. The number of alkyl halides is 6. The summed E-state index contributed by atoms with van der Waals surface area (Å²) in [6.07, 6.45) is -6.78. The summed E-state index contributed by atoms with van der Waals surface area (Å²) in [5.41, 5.74) is -2.66. The van der Waals surface area contributed by atoms with Crippen molar-refractivity contribution in [1.29, 1.82) is 0 Å². The molecule has 2 heterocycles. The van der Waals surface area contributed by atoms with Crippen LogP contribution in [0.3, 0.4) is 0 Å². The SMILES string of the molecule is CCCC[C@]1(CC)CS(=O)(=O)c2ccc(OC)cc2[C@@H](c2cccc(C(F)(F)F)c2)[C@H]1O.CCCC[C@]1(CC)CS(=O)(=O)c2ccc(OC)cc2[C@H](c2cccc(C(F)(F)F)c2)[C@@H]1O. The van der Waals surface area contributed by atoms with Gasteiger partial charge < -0.3 is 19.7 Å². The maximum Gasteiger partial charge on any atom is 0.416 e. The second-order valence-corrected chi connectivity index (χ2v) is 21.0. The lowest BCUT2D eigenvalue weighted by Gasteiger charge is -2.39. The van der Waals surface area contributed by atoms with Crippen LogP contribution in [-0.2, 0) is 32.0 Å². The number of aliphatic hydroxyl groups excluding tert-OH is 2. The first-order chi connectivity index (χ1) is 30.0. The number of fused-ring (bicyclic) bond motifs is 2. The number of benzene rings is 4. The highest BCUT2D eigenvalue weighted by atomic mass is 32.2. The number of hydrogen-bond acceptors (Lipinski definition) is 8. The number of unbranched alkanes of at least 4 members (excludes halogenated alkanes) is 2. The lowest BCUT2D eigenvalue weighted by atomic mass is 9.69. The van der Waals surface area contributed by atoms with Crippen LogP contribution in [0.5, 0.6) is 11.5 Å². The zero-order valence-corrected chi connectivity index (χ0v) is 38.5. The number of halogens is 6. The summed E-state index contributed by atoms with van der Waals surface area (Å²) in [7, 11) is -4.75. The van der Waals surface area contributed by atoms with E-state index in [1.54, 1.807) is 0 Å². The van der Waals surface area contributed by atoms with Crippen LogP contribution in [0.25, 0.3) is 0 Å². The summed E-state index contributed by atoms with van der Waals surface area (Å²) in [5.74, 6) is -1.66. The van der Waals surface area contributed by atoms with E-state index >= 15 is 0 Å². The number of hydrogen-bond donors (Lipinski definition) is 2. The Morgan fingerprint density at radius 1 is 0.578 bits per heavy atom. The lowest BCUT2D eigenvalue weighted by molar-refractivity contribution is -0.138. The van der Waals surface area contributed by atoms with Gasteiger partial charge in [0.15, 0.2) is 19.7 Å². The molecule has 4 aromatic carbocycles. The van der Waals surface area contributed by atoms with E-state index in [4.69, 9.17) is 9.47 Å². The van der Waals surface area contributed by atoms with Gasteiger partial charge in [-0.15, -0.1) is 0 Å². The van der Waals surface area contributed by atoms with Gasteiger partial charge in [0.05, 0.1) is 58.9 Å². The molecule has 0 fully saturated rings. The van der Waals surface area contributed by atoms with E-state index in [-0.39, 0.29) is 43.6 Å². The summed E-state index contributed by atoms with van der Waals surface area (Å²) < 4.78 is 145. The first-order valence-electron chi connectivity index (χ1n) is 21.5. The molecule has 0 aromatic heterocycles. The number of sulfone groups is 2. The van der Waals surface area contributed by atoms with Crippen molar-refractivity contribution in [3.8, 4) is 11.5 Å². The van der Waals surface area contributed by atoms with Crippen molar-refractivity contribution >= 4 is 19.7 Å². The van der Waals surface area contributed by atoms with Crippen molar-refractivity contribution in [3.05, 3.63) is 118 Å². The van der Waals surface area contributed by atoms with E-state index in [9.17, 15) is 53.4 Å². The van der Waals surface area contributed by atoms with Gasteiger partial charge in [-0.05, 0) is 96.5 Å². The molecule has 64 heavy (non-hydrogen) atoms. The van der Waals surface area contributed by atoms with Gasteiger partial charge in [-0.3, -0.25) is 0 Å². The summed E-state index contributed by atoms with van der Waals surface area (Å²) >= 11 is 0. The second kappa shape index (κ2) is 19.8. The van der Waals surface area contributed by atoms with E-state index < -0.39 is 78.0 Å². The molecule has 2 aliphatic rings. The number of methoxy groups -OCH3 is 2. The maximum absolute atomic E-state index is 13.5. The molecule has 8 nitrogen and oxygen atoms in total. The van der Waals surface area contributed by atoms with Crippen molar-refractivity contribution in [2.24, 2.45) is 10.8 Å². The molecule has 0 radical (unpaired) electrons. The molecule has 4 aromatic rings. The van der Waals surface area contributed by atoms with Gasteiger partial charge in [-0.25, -0.2) is 16.8 Å². The van der Waals surface area contributed by atoms with Gasteiger partial charge in [0.25, 0.3) is 0 Å². The van der Waals surface area contributed by atoms with Crippen LogP contribution in [0.1, 0.15) is 124 Å². The third-order valence-corrected chi connectivity index (χ3v) is 17.2. The van der Waals surface area contributed by atoms with Crippen LogP contribution in [0, 0.1) is 10.8 Å². The summed E-state index contributed by atoms with van der Waals surface area (Å²) in [6.45, 7) is 7.61.